The van der Waals surface area contributed by atoms with E-state index in [1.807, 2.05) is 6.92 Å². The van der Waals surface area contributed by atoms with Crippen molar-refractivity contribution < 1.29 is 24.2 Å². The van der Waals surface area contributed by atoms with Crippen LogP contribution < -0.4 is 0 Å². The predicted octanol–water partition coefficient (Wildman–Crippen LogP) is 1.76. The summed E-state index contributed by atoms with van der Waals surface area (Å²) in [5.74, 6) is -0.904. The molecule has 108 valence electrons. The molecule has 0 aromatic rings. The molecule has 0 saturated heterocycles. The van der Waals surface area contributed by atoms with Gasteiger partial charge >= 0.3 is 11.9 Å². The van der Waals surface area contributed by atoms with Gasteiger partial charge in [0.2, 0.25) is 0 Å². The fourth-order valence-electron chi connectivity index (χ4n) is 1.06. The number of carbonyl (C=O) groups is 2. The van der Waals surface area contributed by atoms with Crippen LogP contribution in [0.5, 0.6) is 0 Å². The molecule has 0 amide bonds. The Kier molecular flexibility index (Phi) is 9.44. The average molecular weight is 270 g/mol. The molecule has 0 radical (unpaired) electrons. The zero-order valence-electron chi connectivity index (χ0n) is 11.8. The first-order valence-electron chi connectivity index (χ1n) is 6.33. The van der Waals surface area contributed by atoms with E-state index in [9.17, 15) is 9.59 Å². The summed E-state index contributed by atoms with van der Waals surface area (Å²) in [5.41, 5.74) is 0.777. The molecule has 0 atom stereocenters. The summed E-state index contributed by atoms with van der Waals surface area (Å²) in [6, 6.07) is 0. The van der Waals surface area contributed by atoms with E-state index in [0.717, 1.165) is 12.8 Å². The molecule has 0 heterocycles. The highest BCUT2D eigenvalue weighted by atomic mass is 16.5. The van der Waals surface area contributed by atoms with Crippen LogP contribution in [0.4, 0.5) is 0 Å². The van der Waals surface area contributed by atoms with Gasteiger partial charge in [-0.15, -0.1) is 0 Å². The lowest BCUT2D eigenvalue weighted by molar-refractivity contribution is -0.140. The summed E-state index contributed by atoms with van der Waals surface area (Å²) in [6.45, 7) is 5.37. The molecule has 0 aliphatic rings. The molecule has 1 N–H and O–H groups in total. The van der Waals surface area contributed by atoms with Crippen LogP contribution in [0.2, 0.25) is 0 Å². The number of hydrogen-bond acceptors (Lipinski definition) is 5. The van der Waals surface area contributed by atoms with E-state index >= 15 is 0 Å². The van der Waals surface area contributed by atoms with Crippen molar-refractivity contribution in [2.45, 2.75) is 33.6 Å². The maximum absolute atomic E-state index is 11.5. The lowest BCUT2D eigenvalue weighted by Crippen LogP contribution is -2.09. The van der Waals surface area contributed by atoms with Crippen molar-refractivity contribution in [2.24, 2.45) is 0 Å². The molecule has 5 heteroatoms. The zero-order valence-corrected chi connectivity index (χ0v) is 11.8. The van der Waals surface area contributed by atoms with Crippen molar-refractivity contribution in [3.05, 3.63) is 23.3 Å². The summed E-state index contributed by atoms with van der Waals surface area (Å²) in [7, 11) is 0. The number of hydrogen-bond donors (Lipinski definition) is 1. The summed E-state index contributed by atoms with van der Waals surface area (Å²) < 4.78 is 9.74. The van der Waals surface area contributed by atoms with E-state index < -0.39 is 5.97 Å². The van der Waals surface area contributed by atoms with Crippen LogP contribution in [-0.4, -0.2) is 36.9 Å². The third-order valence-electron chi connectivity index (χ3n) is 2.28. The van der Waals surface area contributed by atoms with E-state index in [-0.39, 0.29) is 19.2 Å². The first-order chi connectivity index (χ1) is 9.02. The number of rotatable bonds is 8. The van der Waals surface area contributed by atoms with Gasteiger partial charge in [-0.1, -0.05) is 25.5 Å². The first-order valence-corrected chi connectivity index (χ1v) is 6.33. The van der Waals surface area contributed by atoms with Crippen LogP contribution in [0, 0.1) is 0 Å². The molecule has 5 nitrogen and oxygen atoms in total. The first kappa shape index (κ1) is 17.4. The molecular weight excluding hydrogens is 248 g/mol. The van der Waals surface area contributed by atoms with Gasteiger partial charge in [-0.25, -0.2) is 9.59 Å². The largest absolute Gasteiger partial charge is 0.462 e. The van der Waals surface area contributed by atoms with Crippen LogP contribution in [0.3, 0.4) is 0 Å². The highest BCUT2D eigenvalue weighted by Gasteiger charge is 2.06. The van der Waals surface area contributed by atoms with E-state index in [2.05, 4.69) is 0 Å². The summed E-state index contributed by atoms with van der Waals surface area (Å²) in [6.07, 6.45) is 4.81. The van der Waals surface area contributed by atoms with Crippen LogP contribution in [0.15, 0.2) is 23.3 Å². The van der Waals surface area contributed by atoms with E-state index in [4.69, 9.17) is 14.6 Å². The Bertz CT molecular complexity index is 355. The minimum absolute atomic E-state index is 0.0359. The second kappa shape index (κ2) is 10.3. The summed E-state index contributed by atoms with van der Waals surface area (Å²) >= 11 is 0. The Morgan fingerprint density at radius 2 is 1.47 bits per heavy atom. The maximum atomic E-state index is 11.5. The second-order valence-electron chi connectivity index (χ2n) is 4.05. The number of esters is 2. The topological polar surface area (TPSA) is 72.8 Å². The normalized spacial score (nSPS) is 12.2. The number of unbranched alkanes of at least 4 members (excludes halogenated alkanes) is 1. The van der Waals surface area contributed by atoms with Gasteiger partial charge in [-0.2, -0.15) is 0 Å². The van der Waals surface area contributed by atoms with Crippen LogP contribution in [0.1, 0.15) is 33.6 Å². The van der Waals surface area contributed by atoms with Crippen molar-refractivity contribution in [1.82, 2.24) is 0 Å². The molecule has 0 saturated carbocycles. The van der Waals surface area contributed by atoms with Crippen molar-refractivity contribution >= 4 is 11.9 Å². The van der Waals surface area contributed by atoms with E-state index in [1.54, 1.807) is 13.8 Å². The fraction of sp³-hybridized carbons (Fsp3) is 0.571. The van der Waals surface area contributed by atoms with Gasteiger partial charge < -0.3 is 14.6 Å². The molecule has 0 aliphatic carbocycles. The fourth-order valence-corrected chi connectivity index (χ4v) is 1.06. The number of carbonyl (C=O) groups excluding carboxylic acids is 2. The number of ether oxygens (including phenoxy) is 2. The highest BCUT2D eigenvalue weighted by Crippen LogP contribution is 2.03. The minimum atomic E-state index is -0.516. The van der Waals surface area contributed by atoms with Gasteiger partial charge in [-0.3, -0.25) is 0 Å². The molecule has 0 spiro atoms. The van der Waals surface area contributed by atoms with Gasteiger partial charge in [-0.05, 0) is 20.3 Å². The maximum Gasteiger partial charge on any atom is 0.333 e. The SMILES string of the molecule is CCCCOC(=O)/C(C)=C/C=C(\C)C(=O)OCCO. The van der Waals surface area contributed by atoms with Crippen LogP contribution in [0.25, 0.3) is 0 Å². The van der Waals surface area contributed by atoms with Crippen molar-refractivity contribution in [3.63, 3.8) is 0 Å². The summed E-state index contributed by atoms with van der Waals surface area (Å²) in [4.78, 5) is 22.9. The second-order valence-corrected chi connectivity index (χ2v) is 4.05. The van der Waals surface area contributed by atoms with E-state index in [0.29, 0.717) is 17.8 Å². The number of aliphatic hydroxyl groups excluding tert-OH is 1. The molecule has 0 fully saturated rings. The Morgan fingerprint density at radius 3 is 1.89 bits per heavy atom. The number of allylic oxidation sites excluding steroid dienone is 2. The smallest absolute Gasteiger partial charge is 0.333 e. The Labute approximate surface area is 113 Å². The van der Waals surface area contributed by atoms with E-state index in [1.165, 1.54) is 12.2 Å². The molecule has 0 rings (SSSR count). The van der Waals surface area contributed by atoms with Crippen molar-refractivity contribution in [1.29, 1.82) is 0 Å². The van der Waals surface area contributed by atoms with Crippen LogP contribution in [-0.2, 0) is 19.1 Å². The monoisotopic (exact) mass is 270 g/mol. The third kappa shape index (κ3) is 8.15. The number of aliphatic hydroxyl groups is 1. The van der Waals surface area contributed by atoms with Gasteiger partial charge in [0.25, 0.3) is 0 Å². The zero-order chi connectivity index (χ0) is 14.7. The van der Waals surface area contributed by atoms with Crippen LogP contribution >= 0.6 is 0 Å². The predicted molar refractivity (Wildman–Crippen MR) is 71.4 cm³/mol. The highest BCUT2D eigenvalue weighted by molar-refractivity contribution is 5.90. The lowest BCUT2D eigenvalue weighted by Gasteiger charge is -2.03. The molecule has 0 unspecified atom stereocenters. The quantitative estimate of drug-likeness (QED) is 0.315. The third-order valence-corrected chi connectivity index (χ3v) is 2.28. The van der Waals surface area contributed by atoms with Gasteiger partial charge in [0.15, 0.2) is 0 Å². The molecule has 0 aromatic heterocycles. The molecular formula is C14H22O5. The standard InChI is InChI=1S/C14H22O5/c1-4-5-9-18-13(16)11(2)6-7-12(3)14(17)19-10-8-15/h6-7,15H,4-5,8-10H2,1-3H3/b11-6+,12-7+. The molecule has 0 aliphatic heterocycles. The van der Waals surface area contributed by atoms with Gasteiger partial charge in [0.1, 0.15) is 6.61 Å². The minimum Gasteiger partial charge on any atom is -0.462 e. The Balaban J connectivity index is 4.34. The average Bonchev–Trinajstić information content (AvgIpc) is 2.41. The Morgan fingerprint density at radius 1 is 1.00 bits per heavy atom. The van der Waals surface area contributed by atoms with Crippen molar-refractivity contribution in [2.75, 3.05) is 19.8 Å². The molecule has 0 aromatic carbocycles. The molecule has 0 bridgehead atoms. The summed E-state index contributed by atoms with van der Waals surface area (Å²) in [5, 5.41) is 8.52. The van der Waals surface area contributed by atoms with Crippen molar-refractivity contribution in [3.8, 4) is 0 Å². The Hall–Kier alpha value is -1.62. The van der Waals surface area contributed by atoms with Gasteiger partial charge in [0.05, 0.1) is 13.2 Å². The molecule has 19 heavy (non-hydrogen) atoms. The lowest BCUT2D eigenvalue weighted by atomic mass is 10.2. The van der Waals surface area contributed by atoms with Gasteiger partial charge in [0, 0.05) is 11.1 Å².